The van der Waals surface area contributed by atoms with Crippen LogP contribution < -0.4 is 10.1 Å². The maximum atomic E-state index is 13.6. The zero-order chi connectivity index (χ0) is 13.4. The Labute approximate surface area is 110 Å². The lowest BCUT2D eigenvalue weighted by molar-refractivity contribution is 0.209. The first-order valence-electron chi connectivity index (χ1n) is 6.09. The standard InChI is InChI=1S/C15H13F2NO/c1-9-2-3-10(6-12(9)17)15-8-18-13-5-4-11(16)7-14(13)19-15/h2-7,15,18H,8H2,1H3. The number of anilines is 1. The fourth-order valence-electron chi connectivity index (χ4n) is 2.13. The van der Waals surface area contributed by atoms with Crippen molar-refractivity contribution < 1.29 is 13.5 Å². The van der Waals surface area contributed by atoms with E-state index >= 15 is 0 Å². The number of nitrogens with one attached hydrogen (secondary N) is 1. The van der Waals surface area contributed by atoms with Gasteiger partial charge in [-0.15, -0.1) is 0 Å². The molecule has 1 unspecified atom stereocenters. The summed E-state index contributed by atoms with van der Waals surface area (Å²) >= 11 is 0. The van der Waals surface area contributed by atoms with Crippen molar-refractivity contribution in [2.75, 3.05) is 11.9 Å². The average Bonchev–Trinajstić information content (AvgIpc) is 2.41. The SMILES string of the molecule is Cc1ccc(C2CNc3ccc(F)cc3O2)cc1F. The van der Waals surface area contributed by atoms with Crippen LogP contribution in [0.3, 0.4) is 0 Å². The van der Waals surface area contributed by atoms with E-state index in [1.165, 1.54) is 18.2 Å². The topological polar surface area (TPSA) is 21.3 Å². The van der Waals surface area contributed by atoms with E-state index in [0.29, 0.717) is 17.9 Å². The number of halogens is 2. The fourth-order valence-corrected chi connectivity index (χ4v) is 2.13. The third kappa shape index (κ3) is 2.26. The largest absolute Gasteiger partial charge is 0.482 e. The molecule has 1 N–H and O–H groups in total. The van der Waals surface area contributed by atoms with Gasteiger partial charge >= 0.3 is 0 Å². The van der Waals surface area contributed by atoms with Gasteiger partial charge in [0, 0.05) is 6.07 Å². The first kappa shape index (κ1) is 12.0. The van der Waals surface area contributed by atoms with E-state index in [9.17, 15) is 8.78 Å². The molecule has 1 atom stereocenters. The molecule has 98 valence electrons. The monoisotopic (exact) mass is 261 g/mol. The van der Waals surface area contributed by atoms with Gasteiger partial charge in [0.2, 0.25) is 0 Å². The molecule has 1 aliphatic rings. The molecular weight excluding hydrogens is 248 g/mol. The van der Waals surface area contributed by atoms with Crippen molar-refractivity contribution in [3.8, 4) is 5.75 Å². The third-order valence-electron chi connectivity index (χ3n) is 3.26. The van der Waals surface area contributed by atoms with Crippen molar-refractivity contribution in [3.05, 3.63) is 59.2 Å². The van der Waals surface area contributed by atoms with Crippen LogP contribution in [0.5, 0.6) is 5.75 Å². The second-order valence-corrected chi connectivity index (χ2v) is 4.64. The van der Waals surface area contributed by atoms with Gasteiger partial charge in [0.1, 0.15) is 23.5 Å². The predicted octanol–water partition coefficient (Wildman–Crippen LogP) is 3.82. The molecule has 2 aromatic carbocycles. The number of fused-ring (bicyclic) bond motifs is 1. The van der Waals surface area contributed by atoms with Gasteiger partial charge in [0.05, 0.1) is 12.2 Å². The summed E-state index contributed by atoms with van der Waals surface area (Å²) in [5.74, 6) is -0.153. The minimum absolute atomic E-state index is 0.258. The second-order valence-electron chi connectivity index (χ2n) is 4.64. The molecule has 0 aromatic heterocycles. The quantitative estimate of drug-likeness (QED) is 0.842. The summed E-state index contributed by atoms with van der Waals surface area (Å²) in [4.78, 5) is 0. The molecule has 0 radical (unpaired) electrons. The number of benzene rings is 2. The molecule has 0 bridgehead atoms. The van der Waals surface area contributed by atoms with Crippen molar-refractivity contribution in [3.63, 3.8) is 0 Å². The van der Waals surface area contributed by atoms with Crippen LogP contribution in [-0.2, 0) is 0 Å². The van der Waals surface area contributed by atoms with E-state index in [2.05, 4.69) is 5.32 Å². The highest BCUT2D eigenvalue weighted by Gasteiger charge is 2.21. The third-order valence-corrected chi connectivity index (χ3v) is 3.26. The lowest BCUT2D eigenvalue weighted by Gasteiger charge is -2.27. The summed E-state index contributed by atoms with van der Waals surface area (Å²) in [5.41, 5.74) is 2.09. The normalized spacial score (nSPS) is 17.3. The molecule has 1 heterocycles. The summed E-state index contributed by atoms with van der Waals surface area (Å²) in [6.07, 6.45) is -0.315. The molecule has 0 spiro atoms. The van der Waals surface area contributed by atoms with Crippen molar-refractivity contribution in [1.29, 1.82) is 0 Å². The minimum Gasteiger partial charge on any atom is -0.482 e. The molecule has 0 saturated carbocycles. The highest BCUT2D eigenvalue weighted by molar-refractivity contribution is 5.58. The lowest BCUT2D eigenvalue weighted by Crippen LogP contribution is -2.23. The molecule has 3 rings (SSSR count). The Bertz CT molecular complexity index is 628. The fraction of sp³-hybridized carbons (Fsp3) is 0.200. The Morgan fingerprint density at radius 2 is 2.00 bits per heavy atom. The molecule has 0 saturated heterocycles. The highest BCUT2D eigenvalue weighted by atomic mass is 19.1. The number of aryl methyl sites for hydroxylation is 1. The summed E-state index contributed by atoms with van der Waals surface area (Å²) in [6.45, 7) is 2.24. The molecule has 2 aromatic rings. The van der Waals surface area contributed by atoms with Crippen molar-refractivity contribution in [2.24, 2.45) is 0 Å². The number of ether oxygens (including phenoxy) is 1. The smallest absolute Gasteiger partial charge is 0.146 e. The van der Waals surface area contributed by atoms with Crippen LogP contribution in [0.15, 0.2) is 36.4 Å². The van der Waals surface area contributed by atoms with E-state index < -0.39 is 0 Å². The summed E-state index contributed by atoms with van der Waals surface area (Å²) in [7, 11) is 0. The molecule has 2 nitrogen and oxygen atoms in total. The Balaban J connectivity index is 1.90. The molecule has 19 heavy (non-hydrogen) atoms. The van der Waals surface area contributed by atoms with Crippen LogP contribution in [0.2, 0.25) is 0 Å². The molecular formula is C15H13F2NO. The maximum Gasteiger partial charge on any atom is 0.146 e. The van der Waals surface area contributed by atoms with Gasteiger partial charge in [-0.05, 0) is 36.2 Å². The van der Waals surface area contributed by atoms with E-state index in [0.717, 1.165) is 11.3 Å². The van der Waals surface area contributed by atoms with E-state index in [1.54, 1.807) is 19.1 Å². The zero-order valence-corrected chi connectivity index (χ0v) is 10.4. The number of hydrogen-bond donors (Lipinski definition) is 1. The summed E-state index contributed by atoms with van der Waals surface area (Å²) in [5, 5.41) is 3.16. The van der Waals surface area contributed by atoms with Crippen molar-refractivity contribution in [1.82, 2.24) is 0 Å². The molecule has 0 fully saturated rings. The maximum absolute atomic E-state index is 13.6. The highest BCUT2D eigenvalue weighted by Crippen LogP contribution is 2.34. The molecule has 0 aliphatic carbocycles. The Kier molecular flexibility index (Phi) is 2.85. The van der Waals surface area contributed by atoms with Crippen LogP contribution in [0, 0.1) is 18.6 Å². The lowest BCUT2D eigenvalue weighted by atomic mass is 10.1. The molecule has 1 aliphatic heterocycles. The van der Waals surface area contributed by atoms with Crippen molar-refractivity contribution in [2.45, 2.75) is 13.0 Å². The predicted molar refractivity (Wildman–Crippen MR) is 69.4 cm³/mol. The van der Waals surface area contributed by atoms with Crippen LogP contribution in [0.1, 0.15) is 17.2 Å². The molecule has 4 heteroatoms. The van der Waals surface area contributed by atoms with Gasteiger partial charge in [-0.3, -0.25) is 0 Å². The zero-order valence-electron chi connectivity index (χ0n) is 10.4. The van der Waals surface area contributed by atoms with Crippen LogP contribution in [-0.4, -0.2) is 6.54 Å². The Morgan fingerprint density at radius 3 is 2.79 bits per heavy atom. The van der Waals surface area contributed by atoms with Gasteiger partial charge in [0.15, 0.2) is 0 Å². The first-order chi connectivity index (χ1) is 9.13. The van der Waals surface area contributed by atoms with E-state index in [1.807, 2.05) is 6.07 Å². The van der Waals surface area contributed by atoms with Gasteiger partial charge in [-0.1, -0.05) is 12.1 Å². The van der Waals surface area contributed by atoms with Gasteiger partial charge in [-0.25, -0.2) is 8.78 Å². The Hall–Kier alpha value is -2.10. The van der Waals surface area contributed by atoms with E-state index in [4.69, 9.17) is 4.74 Å². The van der Waals surface area contributed by atoms with Gasteiger partial charge in [-0.2, -0.15) is 0 Å². The van der Waals surface area contributed by atoms with Crippen LogP contribution in [0.4, 0.5) is 14.5 Å². The minimum atomic E-state index is -0.351. The van der Waals surface area contributed by atoms with Gasteiger partial charge < -0.3 is 10.1 Å². The summed E-state index contributed by atoms with van der Waals surface area (Å²) in [6, 6.07) is 9.35. The average molecular weight is 261 g/mol. The van der Waals surface area contributed by atoms with E-state index in [-0.39, 0.29) is 17.7 Å². The number of rotatable bonds is 1. The molecule has 0 amide bonds. The van der Waals surface area contributed by atoms with Gasteiger partial charge in [0.25, 0.3) is 0 Å². The summed E-state index contributed by atoms with van der Waals surface area (Å²) < 4.78 is 32.5. The Morgan fingerprint density at radius 1 is 1.16 bits per heavy atom. The van der Waals surface area contributed by atoms with Crippen molar-refractivity contribution >= 4 is 5.69 Å². The number of hydrogen-bond acceptors (Lipinski definition) is 2. The van der Waals surface area contributed by atoms with Crippen LogP contribution in [0.25, 0.3) is 0 Å². The second kappa shape index (κ2) is 4.53. The first-order valence-corrected chi connectivity index (χ1v) is 6.09. The van der Waals surface area contributed by atoms with Crippen LogP contribution >= 0.6 is 0 Å².